The third-order valence-corrected chi connectivity index (χ3v) is 19.1. The van der Waals surface area contributed by atoms with Crippen molar-refractivity contribution in [1.29, 1.82) is 0 Å². The molecule has 60 heteroatoms. The standard InChI is InChI=1S/C22H23N3O11.C19H23N3O14.C16H17N3O11.C15H9N3O12/c26-17-8-7-14(34-17)4-1-9-23-18(27)24(10-2-5-15-12-32-21(30)35-15)20(29)25(19(23)28)11-3-6-16-13-33-22(31)36-16;23-14-2-1-11(34-14)3-29-8-20-15(24)21(9-30-4-12-6-32-18(27)35-12)17(26)22(16(20)25)10-31-5-13-7-33-19(28)36-13;1-8-25-5-9(28-8)2-17-12(20)18(3-10-6-26-15(23)29-10)14(22)19(13(17)21)4-11-7-27-16(24)30-11;19-10-16(1-7-4-25-13(22)28-7)11(20)18(3-9-6-27-15(24)30-9)12(21)17(10)2-8-5-26-14(23)29-8/h1-6,14-16H,7-13H2;11-13H,1-10H2;9-11H,1-7H2;4-6H,1-3H2/b4-1+,5-2+,6-3+;;;. The van der Waals surface area contributed by atoms with Gasteiger partial charge in [-0.3, -0.25) is 9.59 Å². The molecule has 0 bridgehead atoms. The molecule has 708 valence electrons. The highest BCUT2D eigenvalue weighted by molar-refractivity contribution is 5.72. The van der Waals surface area contributed by atoms with Crippen LogP contribution in [0.25, 0.3) is 0 Å². The van der Waals surface area contributed by atoms with Crippen LogP contribution in [0.5, 0.6) is 0 Å². The van der Waals surface area contributed by atoms with Gasteiger partial charge in [0, 0.05) is 12.8 Å². The number of hydrogen-bond acceptors (Lipinski definition) is 48. The number of cyclic esters (lactones) is 14. The van der Waals surface area contributed by atoms with Crippen molar-refractivity contribution in [3.63, 3.8) is 0 Å². The molecule has 60 nitrogen and oxygen atoms in total. The van der Waals surface area contributed by atoms with E-state index >= 15 is 0 Å². The van der Waals surface area contributed by atoms with Gasteiger partial charge < -0.3 is 117 Å². The fourth-order valence-electron chi connectivity index (χ4n) is 12.9. The molecule has 16 heterocycles. The number of carbonyl (C=O) groups is 8. The van der Waals surface area contributed by atoms with Crippen LogP contribution in [0.2, 0.25) is 0 Å². The first-order valence-electron chi connectivity index (χ1n) is 38.9. The van der Waals surface area contributed by atoms with Crippen molar-refractivity contribution in [1.82, 2.24) is 54.8 Å². The third-order valence-electron chi connectivity index (χ3n) is 19.1. The van der Waals surface area contributed by atoms with Gasteiger partial charge in [0.25, 0.3) is 5.95 Å². The third kappa shape index (κ3) is 23.5. The number of hydrogen-bond donors (Lipinski definition) is 0. The van der Waals surface area contributed by atoms with E-state index in [1.54, 1.807) is 6.08 Å². The molecule has 16 rings (SSSR count). The topological polar surface area (TPSA) is 706 Å². The maximum atomic E-state index is 13.0. The average Bonchev–Trinajstić information content (AvgIpc) is 1.37. The van der Waals surface area contributed by atoms with E-state index in [0.29, 0.717) is 40.2 Å². The minimum Gasteiger partial charge on any atom is -0.462 e. The minimum absolute atomic E-state index is 0.00471. The molecule has 9 fully saturated rings. The Balaban J connectivity index is 0.000000150. The van der Waals surface area contributed by atoms with E-state index in [0.717, 1.165) is 46.2 Å². The highest BCUT2D eigenvalue weighted by Gasteiger charge is 2.35. The molecule has 9 aliphatic rings. The van der Waals surface area contributed by atoms with Gasteiger partial charge in [-0.25, -0.2) is 155 Å². The minimum atomic E-state index is -1.11. The molecule has 0 radical (unpaired) electrons. The molecule has 7 aromatic rings. The maximum Gasteiger partial charge on any atom is 0.518 e. The van der Waals surface area contributed by atoms with Gasteiger partial charge in [-0.15, -0.1) is 0 Å². The fraction of sp³-hybridized carbons (Fsp3) is 0.486. The highest BCUT2D eigenvalue weighted by atomic mass is 16.8. The Morgan fingerprint density at radius 2 is 0.576 bits per heavy atom. The normalized spacial score (nSPS) is 21.1. The number of carbonyl (C=O) groups excluding carboxylic acids is 8. The van der Waals surface area contributed by atoms with Gasteiger partial charge >= 0.3 is 135 Å². The van der Waals surface area contributed by atoms with Gasteiger partial charge in [-0.05, 0) is 37.6 Å². The SMILES string of the molecule is C=C1OCC(Cn2c(=O)n(CC3COC(=O)O3)c(=O)n(CC3COC(=O)O3)c2=O)O1.O=C1CCC(/C=C/Cn2c(=O)n(C/C=C/C3COC(=O)O3)c(=O)n(C/C=C/C3COC(=O)O3)c2=O)O1.O=C1CCC(COCn2c(=O)n(COCC3COC(=O)O3)c(=O)n(COCC3COC(=O)O3)c2=O)O1.O=c1occ(Cn2c(=O)n(Cc3coc(=O)o3)c(=O)n(Cc3coc(=O)o3)c2=O)o1. The molecule has 9 atom stereocenters. The van der Waals surface area contributed by atoms with Crippen LogP contribution >= 0.6 is 0 Å². The molecule has 9 unspecified atom stereocenters. The van der Waals surface area contributed by atoms with Gasteiger partial charge in [-0.2, -0.15) is 0 Å². The van der Waals surface area contributed by atoms with E-state index < -0.39 is 217 Å². The molecule has 0 amide bonds. The predicted molar refractivity (Wildman–Crippen MR) is 407 cm³/mol. The molecule has 0 aromatic carbocycles. The first-order valence-corrected chi connectivity index (χ1v) is 38.9. The Bertz CT molecular complexity index is 5920. The zero-order valence-electron chi connectivity index (χ0n) is 67.9. The van der Waals surface area contributed by atoms with Crippen molar-refractivity contribution in [3.8, 4) is 0 Å². The van der Waals surface area contributed by atoms with Crippen molar-refractivity contribution in [2.24, 2.45) is 0 Å². The lowest BCUT2D eigenvalue weighted by molar-refractivity contribution is -0.144. The van der Waals surface area contributed by atoms with Crippen molar-refractivity contribution < 1.29 is 155 Å². The Morgan fingerprint density at radius 1 is 0.288 bits per heavy atom. The first-order chi connectivity index (χ1) is 63.3. The molecule has 0 saturated carbocycles. The summed E-state index contributed by atoms with van der Waals surface area (Å²) in [5, 5.41) is 0. The summed E-state index contributed by atoms with van der Waals surface area (Å²) in [6.07, 6.45) is 1.68. The number of aromatic nitrogens is 12. The van der Waals surface area contributed by atoms with E-state index in [1.165, 1.54) is 30.4 Å². The second-order valence-electron chi connectivity index (χ2n) is 28.3. The van der Waals surface area contributed by atoms with Gasteiger partial charge in [0.2, 0.25) is 0 Å². The lowest BCUT2D eigenvalue weighted by Crippen LogP contribution is -2.57. The van der Waals surface area contributed by atoms with Gasteiger partial charge in [0.15, 0.2) is 60.0 Å². The molecule has 7 aromatic heterocycles. The van der Waals surface area contributed by atoms with Crippen LogP contribution < -0.4 is 85.7 Å². The quantitative estimate of drug-likeness (QED) is 0.0210. The first kappa shape index (κ1) is 93.3. The second-order valence-corrected chi connectivity index (χ2v) is 28.3. The molecule has 0 N–H and O–H groups in total. The fourth-order valence-corrected chi connectivity index (χ4v) is 12.9. The Hall–Kier alpha value is -16.3. The summed E-state index contributed by atoms with van der Waals surface area (Å²) in [7, 11) is 0. The number of allylic oxidation sites excluding steroid dienone is 3. The van der Waals surface area contributed by atoms with Crippen LogP contribution in [-0.2, 0) is 179 Å². The summed E-state index contributed by atoms with van der Waals surface area (Å²) in [5.74, 6) is -4.38. The highest BCUT2D eigenvalue weighted by Crippen LogP contribution is 2.19. The summed E-state index contributed by atoms with van der Waals surface area (Å²) < 4.78 is 129. The lowest BCUT2D eigenvalue weighted by Gasteiger charge is -2.17. The number of nitrogens with zero attached hydrogens (tertiary/aromatic N) is 12. The summed E-state index contributed by atoms with van der Waals surface area (Å²) in [4.78, 5) is 277. The van der Waals surface area contributed by atoms with E-state index in [4.69, 9.17) is 61.6 Å². The number of rotatable bonds is 33. The zero-order valence-corrected chi connectivity index (χ0v) is 67.9. The summed E-state index contributed by atoms with van der Waals surface area (Å²) in [5.41, 5.74) is -11.8. The maximum absolute atomic E-state index is 13.0. The predicted octanol–water partition coefficient (Wildman–Crippen LogP) is -6.43. The molecule has 0 aliphatic carbocycles. The van der Waals surface area contributed by atoms with Crippen LogP contribution in [0.3, 0.4) is 0 Å². The Kier molecular flexibility index (Phi) is 29.7. The molecule has 9 aliphatic heterocycles. The molecular formula is C72H72N12O48. The van der Waals surface area contributed by atoms with Crippen molar-refractivity contribution >= 4 is 48.9 Å². The van der Waals surface area contributed by atoms with E-state index in [9.17, 15) is 110 Å². The Morgan fingerprint density at radius 3 is 0.864 bits per heavy atom. The van der Waals surface area contributed by atoms with Crippen LogP contribution in [0.1, 0.15) is 43.0 Å². The number of ether oxygens (including phenoxy) is 19. The molecule has 9 saturated heterocycles. The van der Waals surface area contributed by atoms with Crippen LogP contribution in [0, 0.1) is 0 Å². The molecular weight excluding hydrogens is 1800 g/mol. The second kappa shape index (κ2) is 42.1. The van der Waals surface area contributed by atoms with E-state index in [2.05, 4.69) is 61.5 Å². The Labute approximate surface area is 724 Å². The van der Waals surface area contributed by atoms with Crippen LogP contribution in [0.4, 0.5) is 28.8 Å². The lowest BCUT2D eigenvalue weighted by atomic mass is 10.2. The zero-order chi connectivity index (χ0) is 94.1. The van der Waals surface area contributed by atoms with Crippen molar-refractivity contribution in [3.05, 3.63) is 243 Å². The van der Waals surface area contributed by atoms with Crippen LogP contribution in [0.15, 0.2) is 166 Å². The van der Waals surface area contributed by atoms with Crippen molar-refractivity contribution in [2.45, 2.75) is 160 Å². The average molecular weight is 1870 g/mol. The van der Waals surface area contributed by atoms with Gasteiger partial charge in [0.05, 0.1) is 78.7 Å². The molecule has 132 heavy (non-hydrogen) atoms. The van der Waals surface area contributed by atoms with Crippen molar-refractivity contribution in [2.75, 3.05) is 66.1 Å². The summed E-state index contributed by atoms with van der Waals surface area (Å²) in [6, 6.07) is 0. The number of esters is 2. The summed E-state index contributed by atoms with van der Waals surface area (Å²) >= 11 is 0. The smallest absolute Gasteiger partial charge is 0.462 e. The monoisotopic (exact) mass is 1870 g/mol. The van der Waals surface area contributed by atoms with Gasteiger partial charge in [0.1, 0.15) is 97.4 Å². The largest absolute Gasteiger partial charge is 0.518 e. The van der Waals surface area contributed by atoms with E-state index in [1.807, 2.05) is 0 Å². The van der Waals surface area contributed by atoms with E-state index in [-0.39, 0.29) is 153 Å². The molecule has 0 spiro atoms. The van der Waals surface area contributed by atoms with Crippen LogP contribution in [-0.4, -0.2) is 225 Å². The van der Waals surface area contributed by atoms with Gasteiger partial charge in [-0.1, -0.05) is 18.2 Å². The summed E-state index contributed by atoms with van der Waals surface area (Å²) in [6.45, 7) is -2.13.